The highest BCUT2D eigenvalue weighted by Gasteiger charge is 2.44. The standard InChI is InChI=1S/C69H66BN2/c1-64(2,3)38-22-24-39(25-23-38)71-59-35-53-45(46-32-56-57(34-52(46)69(53,12)13)66(6,7)29-28-65(56,4)5)30-48(59)42-26-27-43-49-31-44-40-18-14-16-20-50(40)67(8,9)54(44)36-60(49)72-61-37-55-47(33-58(61)70-62(42)63(43)72)41-19-15-17-21-51(41)68(55,10)11/h14-27,30-37,71H,28-29H2,1-13H3. The topological polar surface area (TPSA) is 17.0 Å². The second-order valence-electron chi connectivity index (χ2n) is 26.3. The summed E-state index contributed by atoms with van der Waals surface area (Å²) in [6, 6.07) is 52.7. The molecule has 0 atom stereocenters. The molecule has 0 amide bonds. The first-order valence-corrected chi connectivity index (χ1v) is 26.7. The Labute approximate surface area is 428 Å². The molecule has 9 aromatic rings. The Hall–Kier alpha value is -6.58. The molecule has 1 aliphatic heterocycles. The Morgan fingerprint density at radius 3 is 1.64 bits per heavy atom. The number of nitrogens with zero attached hydrogens (tertiary/aromatic N) is 1. The number of aromatic nitrogens is 1. The Morgan fingerprint density at radius 2 is 0.986 bits per heavy atom. The molecule has 3 heteroatoms. The summed E-state index contributed by atoms with van der Waals surface area (Å²) in [7, 11) is 2.54. The van der Waals surface area contributed by atoms with Crippen LogP contribution in [0.25, 0.3) is 72.0 Å². The van der Waals surface area contributed by atoms with Gasteiger partial charge in [0, 0.05) is 55.2 Å². The molecule has 0 saturated heterocycles. The molecule has 1 N–H and O–H groups in total. The third-order valence-electron chi connectivity index (χ3n) is 19.0. The van der Waals surface area contributed by atoms with Gasteiger partial charge in [-0.05, 0) is 172 Å². The highest BCUT2D eigenvalue weighted by molar-refractivity contribution is 6.73. The lowest BCUT2D eigenvalue weighted by molar-refractivity contribution is 0.331. The van der Waals surface area contributed by atoms with Crippen molar-refractivity contribution in [1.29, 1.82) is 0 Å². The Kier molecular flexibility index (Phi) is 8.54. The quantitative estimate of drug-likeness (QED) is 0.175. The van der Waals surface area contributed by atoms with E-state index in [0.29, 0.717) is 0 Å². The minimum absolute atomic E-state index is 0.0647. The monoisotopic (exact) mass is 934 g/mol. The van der Waals surface area contributed by atoms with Crippen LogP contribution in [0.15, 0.2) is 133 Å². The maximum atomic E-state index is 4.08. The lowest BCUT2D eigenvalue weighted by atomic mass is 9.58. The average Bonchev–Trinajstić information content (AvgIpc) is 3.95. The highest BCUT2D eigenvalue weighted by Crippen LogP contribution is 2.57. The van der Waals surface area contributed by atoms with E-state index in [9.17, 15) is 0 Å². The van der Waals surface area contributed by atoms with E-state index in [0.717, 1.165) is 11.4 Å². The van der Waals surface area contributed by atoms with Crippen molar-refractivity contribution in [2.24, 2.45) is 0 Å². The summed E-state index contributed by atoms with van der Waals surface area (Å²) in [6.07, 6.45) is 2.39. The van der Waals surface area contributed by atoms with E-state index in [1.165, 1.54) is 146 Å². The van der Waals surface area contributed by atoms with Crippen LogP contribution in [0.4, 0.5) is 11.4 Å². The van der Waals surface area contributed by atoms with Gasteiger partial charge in [0.1, 0.15) is 0 Å². The number of nitrogens with one attached hydrogen (secondary N) is 1. The van der Waals surface area contributed by atoms with Gasteiger partial charge in [0.25, 0.3) is 0 Å². The van der Waals surface area contributed by atoms with Gasteiger partial charge in [-0.25, -0.2) is 0 Å². The van der Waals surface area contributed by atoms with Crippen LogP contribution in [0.5, 0.6) is 0 Å². The van der Waals surface area contributed by atoms with Crippen LogP contribution in [0.1, 0.15) is 153 Å². The van der Waals surface area contributed by atoms with Crippen LogP contribution in [-0.4, -0.2) is 11.8 Å². The van der Waals surface area contributed by atoms with Crippen LogP contribution in [0, 0.1) is 0 Å². The van der Waals surface area contributed by atoms with E-state index in [2.05, 4.69) is 241 Å². The minimum Gasteiger partial charge on any atom is -0.355 e. The van der Waals surface area contributed by atoms with Crippen LogP contribution in [-0.2, 0) is 32.5 Å². The normalized spacial score (nSPS) is 18.1. The summed E-state index contributed by atoms with van der Waals surface area (Å²) >= 11 is 0. The molecule has 8 aromatic carbocycles. The van der Waals surface area contributed by atoms with Crippen LogP contribution in [0.3, 0.4) is 0 Å². The summed E-state index contributed by atoms with van der Waals surface area (Å²) in [5.41, 5.74) is 32.0. The van der Waals surface area contributed by atoms with E-state index in [-0.39, 0.29) is 32.5 Å². The highest BCUT2D eigenvalue weighted by atomic mass is 15.0. The van der Waals surface area contributed by atoms with Gasteiger partial charge in [-0.1, -0.05) is 180 Å². The average molecular weight is 934 g/mol. The second-order valence-corrected chi connectivity index (χ2v) is 26.3. The maximum Gasteiger partial charge on any atom is 0.197 e. The van der Waals surface area contributed by atoms with E-state index in [1.54, 1.807) is 0 Å². The van der Waals surface area contributed by atoms with Gasteiger partial charge in [0.2, 0.25) is 0 Å². The minimum atomic E-state index is -0.185. The molecule has 1 aromatic heterocycles. The maximum absolute atomic E-state index is 4.08. The molecule has 72 heavy (non-hydrogen) atoms. The van der Waals surface area contributed by atoms with Gasteiger partial charge < -0.3 is 9.88 Å². The zero-order valence-electron chi connectivity index (χ0n) is 44.6. The number of anilines is 2. The van der Waals surface area contributed by atoms with Crippen molar-refractivity contribution in [2.75, 3.05) is 5.32 Å². The zero-order valence-corrected chi connectivity index (χ0v) is 44.6. The van der Waals surface area contributed by atoms with Gasteiger partial charge in [-0.15, -0.1) is 0 Å². The Balaban J connectivity index is 1.06. The number of fused-ring (bicyclic) bond motifs is 15. The Morgan fingerprint density at radius 1 is 0.444 bits per heavy atom. The van der Waals surface area contributed by atoms with Crippen molar-refractivity contribution in [3.8, 4) is 50.2 Å². The third kappa shape index (κ3) is 5.74. The van der Waals surface area contributed by atoms with E-state index >= 15 is 0 Å². The molecule has 355 valence electrons. The fourth-order valence-corrected chi connectivity index (χ4v) is 14.5. The third-order valence-corrected chi connectivity index (χ3v) is 19.0. The van der Waals surface area contributed by atoms with Gasteiger partial charge in [-0.2, -0.15) is 0 Å². The molecule has 2 nitrogen and oxygen atoms in total. The number of rotatable bonds is 3. The second kappa shape index (κ2) is 13.9. The van der Waals surface area contributed by atoms with Gasteiger partial charge >= 0.3 is 0 Å². The molecule has 0 unspecified atom stereocenters. The molecule has 4 aliphatic carbocycles. The molecule has 0 bridgehead atoms. The van der Waals surface area contributed by atoms with E-state index in [1.807, 2.05) is 0 Å². The van der Waals surface area contributed by atoms with Crippen LogP contribution >= 0.6 is 0 Å². The molecule has 0 saturated carbocycles. The molecule has 2 heterocycles. The lowest BCUT2D eigenvalue weighted by Gasteiger charge is -2.42. The Bertz CT molecular complexity index is 3910. The van der Waals surface area contributed by atoms with Gasteiger partial charge in [0.05, 0.1) is 5.52 Å². The van der Waals surface area contributed by atoms with Crippen molar-refractivity contribution < 1.29 is 0 Å². The van der Waals surface area contributed by atoms with Gasteiger partial charge in [-0.3, -0.25) is 0 Å². The molecular formula is C69H66BN2. The van der Waals surface area contributed by atoms with Crippen LogP contribution < -0.4 is 16.2 Å². The molecule has 5 aliphatic rings. The largest absolute Gasteiger partial charge is 0.355 e. The van der Waals surface area contributed by atoms with Crippen molar-refractivity contribution >= 4 is 51.4 Å². The fraction of sp³-hybridized carbons (Fsp3) is 0.304. The van der Waals surface area contributed by atoms with Crippen molar-refractivity contribution in [3.05, 3.63) is 184 Å². The number of benzene rings is 8. The molecule has 14 rings (SSSR count). The van der Waals surface area contributed by atoms with Crippen molar-refractivity contribution in [3.63, 3.8) is 0 Å². The van der Waals surface area contributed by atoms with Crippen molar-refractivity contribution in [2.45, 2.75) is 135 Å². The van der Waals surface area contributed by atoms with Crippen molar-refractivity contribution in [1.82, 2.24) is 4.57 Å². The summed E-state index contributed by atoms with van der Waals surface area (Å²) < 4.78 is 2.66. The first kappa shape index (κ1) is 44.2. The smallest absolute Gasteiger partial charge is 0.197 e. The van der Waals surface area contributed by atoms with E-state index < -0.39 is 0 Å². The molecule has 0 fully saturated rings. The summed E-state index contributed by atoms with van der Waals surface area (Å²) in [5.74, 6) is 0. The predicted molar refractivity (Wildman–Crippen MR) is 308 cm³/mol. The first-order valence-electron chi connectivity index (χ1n) is 26.7. The predicted octanol–water partition coefficient (Wildman–Crippen LogP) is 16.7. The zero-order chi connectivity index (χ0) is 50.0. The van der Waals surface area contributed by atoms with Gasteiger partial charge in [0.15, 0.2) is 7.28 Å². The number of hydrogen-bond donors (Lipinski definition) is 1. The molecule has 1 radical (unpaired) electrons. The summed E-state index contributed by atoms with van der Waals surface area (Å²) in [6.45, 7) is 31.3. The lowest BCUT2D eigenvalue weighted by Crippen LogP contribution is -2.38. The summed E-state index contributed by atoms with van der Waals surface area (Å²) in [4.78, 5) is 0. The molecular weight excluding hydrogens is 868 g/mol. The fourth-order valence-electron chi connectivity index (χ4n) is 14.5. The SMILES string of the molecule is CC(C)(C)c1ccc(Nc2cc3c(cc2-c2ccc4c5cc6c(cc5n5c4c2[B]c2cc4c(cc2-5)C(C)(C)c2ccccc2-4)C(C)(C)c2ccccc2-6)-c2cc4c(cc2C3(C)C)C(C)(C)CCC4(C)C)cc1. The van der Waals surface area contributed by atoms with E-state index in [4.69, 9.17) is 0 Å². The number of hydrogen-bond acceptors (Lipinski definition) is 1. The summed E-state index contributed by atoms with van der Waals surface area (Å²) in [5, 5.41) is 6.70. The first-order chi connectivity index (χ1) is 34.1. The molecule has 0 spiro atoms. The van der Waals surface area contributed by atoms with Crippen LogP contribution in [0.2, 0.25) is 0 Å².